The van der Waals surface area contributed by atoms with E-state index in [1.54, 1.807) is 0 Å². The van der Waals surface area contributed by atoms with Crippen molar-refractivity contribution in [3.63, 3.8) is 0 Å². The van der Waals surface area contributed by atoms with E-state index in [0.29, 0.717) is 12.5 Å². The van der Waals surface area contributed by atoms with Gasteiger partial charge in [0, 0.05) is 19.7 Å². The summed E-state index contributed by atoms with van der Waals surface area (Å²) in [6.07, 6.45) is 2.41. The van der Waals surface area contributed by atoms with Crippen LogP contribution in [-0.4, -0.2) is 49.9 Å². The normalized spacial score (nSPS) is 19.8. The molecule has 0 amide bonds. The summed E-state index contributed by atoms with van der Waals surface area (Å²) >= 11 is 0. The molecule has 1 atom stereocenters. The third-order valence-electron chi connectivity index (χ3n) is 2.65. The van der Waals surface area contributed by atoms with Crippen molar-refractivity contribution in [3.8, 4) is 0 Å². The highest BCUT2D eigenvalue weighted by Crippen LogP contribution is 2.10. The van der Waals surface area contributed by atoms with Crippen LogP contribution in [0, 0.1) is 0 Å². The molecule has 1 unspecified atom stereocenters. The van der Waals surface area contributed by atoms with Gasteiger partial charge in [0.1, 0.15) is 12.1 Å². The van der Waals surface area contributed by atoms with Crippen molar-refractivity contribution < 1.29 is 14.3 Å². The molecule has 6 nitrogen and oxygen atoms in total. The number of hydrogen-bond acceptors (Lipinski definition) is 4. The van der Waals surface area contributed by atoms with Crippen molar-refractivity contribution in [3.05, 3.63) is 0 Å². The molecule has 0 saturated carbocycles. The first-order valence-corrected chi connectivity index (χ1v) is 7.26. The molecule has 0 aromatic rings. The highest BCUT2D eigenvalue weighted by Gasteiger charge is 2.17. The van der Waals surface area contributed by atoms with Crippen LogP contribution in [0.5, 0.6) is 0 Å². The molecule has 0 bridgehead atoms. The molecular weight excluding hydrogens is 258 g/mol. The maximum atomic E-state index is 11.6. The van der Waals surface area contributed by atoms with Gasteiger partial charge in [0.05, 0.1) is 6.10 Å². The van der Waals surface area contributed by atoms with E-state index in [1.807, 2.05) is 27.7 Å². The summed E-state index contributed by atoms with van der Waals surface area (Å²) in [6.45, 7) is 9.80. The zero-order valence-electron chi connectivity index (χ0n) is 13.0. The summed E-state index contributed by atoms with van der Waals surface area (Å²) in [6, 6.07) is 0. The highest BCUT2D eigenvalue weighted by atomic mass is 16.6. The molecule has 1 heterocycles. The molecule has 1 aliphatic heterocycles. The summed E-state index contributed by atoms with van der Waals surface area (Å²) in [5.41, 5.74) is -0.476. The topological polar surface area (TPSA) is 72.0 Å². The van der Waals surface area contributed by atoms with Crippen LogP contribution in [0.1, 0.15) is 40.5 Å². The summed E-state index contributed by atoms with van der Waals surface area (Å²) in [5, 5.41) is 6.29. The molecule has 0 spiro atoms. The van der Waals surface area contributed by atoms with E-state index >= 15 is 0 Å². The van der Waals surface area contributed by atoms with Crippen LogP contribution in [0.4, 0.5) is 0 Å². The minimum absolute atomic E-state index is 0.0120. The predicted octanol–water partition coefficient (Wildman–Crippen LogP) is 1.06. The van der Waals surface area contributed by atoms with E-state index < -0.39 is 5.60 Å². The maximum absolute atomic E-state index is 11.6. The van der Waals surface area contributed by atoms with Crippen molar-refractivity contribution in [2.24, 2.45) is 4.99 Å². The van der Waals surface area contributed by atoms with Crippen LogP contribution >= 0.6 is 0 Å². The van der Waals surface area contributed by atoms with Gasteiger partial charge in [0.2, 0.25) is 0 Å². The van der Waals surface area contributed by atoms with Gasteiger partial charge in [-0.05, 0) is 40.5 Å². The Labute approximate surface area is 121 Å². The fourth-order valence-corrected chi connectivity index (χ4v) is 1.87. The lowest BCUT2D eigenvalue weighted by Gasteiger charge is -2.19. The zero-order chi connectivity index (χ0) is 15.0. The van der Waals surface area contributed by atoms with E-state index in [2.05, 4.69) is 15.6 Å². The van der Waals surface area contributed by atoms with Gasteiger partial charge in [0.15, 0.2) is 5.96 Å². The Kier molecular flexibility index (Phi) is 6.78. The SMILES string of the molecule is CCNC(=NCC(=O)OC(C)(C)C)NCC1CCCO1. The van der Waals surface area contributed by atoms with Gasteiger partial charge < -0.3 is 20.1 Å². The number of nitrogens with zero attached hydrogens (tertiary/aromatic N) is 1. The lowest BCUT2D eigenvalue weighted by atomic mass is 10.2. The zero-order valence-corrected chi connectivity index (χ0v) is 13.0. The van der Waals surface area contributed by atoms with Crippen LogP contribution in [0.3, 0.4) is 0 Å². The first kappa shape index (κ1) is 16.8. The van der Waals surface area contributed by atoms with Crippen molar-refractivity contribution in [2.45, 2.75) is 52.2 Å². The molecule has 0 aliphatic carbocycles. The summed E-state index contributed by atoms with van der Waals surface area (Å²) in [7, 11) is 0. The van der Waals surface area contributed by atoms with Crippen LogP contribution < -0.4 is 10.6 Å². The molecular formula is C14H27N3O3. The Balaban J connectivity index is 2.38. The smallest absolute Gasteiger partial charge is 0.328 e. The van der Waals surface area contributed by atoms with Gasteiger partial charge in [-0.2, -0.15) is 0 Å². The summed E-state index contributed by atoms with van der Waals surface area (Å²) < 4.78 is 10.8. The molecule has 1 fully saturated rings. The molecule has 6 heteroatoms. The van der Waals surface area contributed by atoms with Crippen LogP contribution in [0.25, 0.3) is 0 Å². The Morgan fingerprint density at radius 3 is 2.70 bits per heavy atom. The van der Waals surface area contributed by atoms with Crippen molar-refractivity contribution in [1.82, 2.24) is 10.6 Å². The summed E-state index contributed by atoms with van der Waals surface area (Å²) in [5.74, 6) is 0.292. The van der Waals surface area contributed by atoms with Crippen LogP contribution in [-0.2, 0) is 14.3 Å². The fraction of sp³-hybridized carbons (Fsp3) is 0.857. The van der Waals surface area contributed by atoms with Gasteiger partial charge in [-0.25, -0.2) is 4.99 Å². The monoisotopic (exact) mass is 285 g/mol. The lowest BCUT2D eigenvalue weighted by Crippen LogP contribution is -2.41. The third-order valence-corrected chi connectivity index (χ3v) is 2.65. The first-order valence-electron chi connectivity index (χ1n) is 7.26. The van der Waals surface area contributed by atoms with Gasteiger partial charge in [-0.1, -0.05) is 0 Å². The second kappa shape index (κ2) is 8.09. The fourth-order valence-electron chi connectivity index (χ4n) is 1.87. The number of aliphatic imine (C=N–C) groups is 1. The number of esters is 1. The van der Waals surface area contributed by atoms with Crippen LogP contribution in [0.2, 0.25) is 0 Å². The van der Waals surface area contributed by atoms with E-state index in [4.69, 9.17) is 9.47 Å². The van der Waals surface area contributed by atoms with Crippen molar-refractivity contribution in [1.29, 1.82) is 0 Å². The molecule has 116 valence electrons. The van der Waals surface area contributed by atoms with E-state index in [-0.39, 0.29) is 18.6 Å². The number of carbonyl (C=O) groups is 1. The Morgan fingerprint density at radius 1 is 1.40 bits per heavy atom. The molecule has 0 aromatic carbocycles. The Bertz CT molecular complexity index is 331. The molecule has 1 aliphatic rings. The minimum Gasteiger partial charge on any atom is -0.459 e. The molecule has 0 aromatic heterocycles. The number of guanidine groups is 1. The Morgan fingerprint density at radius 2 is 2.15 bits per heavy atom. The molecule has 2 N–H and O–H groups in total. The molecule has 20 heavy (non-hydrogen) atoms. The third kappa shape index (κ3) is 7.33. The minimum atomic E-state index is -0.476. The number of hydrogen-bond donors (Lipinski definition) is 2. The molecule has 1 saturated heterocycles. The molecule has 0 radical (unpaired) electrons. The quantitative estimate of drug-likeness (QED) is 0.449. The van der Waals surface area contributed by atoms with Gasteiger partial charge >= 0.3 is 5.97 Å². The highest BCUT2D eigenvalue weighted by molar-refractivity contribution is 5.83. The van der Waals surface area contributed by atoms with Crippen molar-refractivity contribution in [2.75, 3.05) is 26.2 Å². The lowest BCUT2D eigenvalue weighted by molar-refractivity contribution is -0.152. The first-order chi connectivity index (χ1) is 9.40. The molecule has 1 rings (SSSR count). The van der Waals surface area contributed by atoms with E-state index in [9.17, 15) is 4.79 Å². The van der Waals surface area contributed by atoms with E-state index in [1.165, 1.54) is 0 Å². The Hall–Kier alpha value is -1.30. The number of rotatable bonds is 5. The van der Waals surface area contributed by atoms with Crippen LogP contribution in [0.15, 0.2) is 4.99 Å². The second-order valence-corrected chi connectivity index (χ2v) is 5.80. The van der Waals surface area contributed by atoms with Gasteiger partial charge in [-0.3, -0.25) is 4.79 Å². The second-order valence-electron chi connectivity index (χ2n) is 5.80. The predicted molar refractivity (Wildman–Crippen MR) is 78.8 cm³/mol. The number of carbonyl (C=O) groups excluding carboxylic acids is 1. The van der Waals surface area contributed by atoms with Gasteiger partial charge in [-0.15, -0.1) is 0 Å². The number of ether oxygens (including phenoxy) is 2. The van der Waals surface area contributed by atoms with E-state index in [0.717, 1.165) is 26.0 Å². The average Bonchev–Trinajstić information content (AvgIpc) is 2.83. The standard InChI is InChI=1S/C14H27N3O3/c1-5-15-13(16-9-11-7-6-8-19-11)17-10-12(18)20-14(2,3)4/h11H,5-10H2,1-4H3,(H2,15,16,17). The number of nitrogens with one attached hydrogen (secondary N) is 2. The summed E-state index contributed by atoms with van der Waals surface area (Å²) in [4.78, 5) is 15.8. The van der Waals surface area contributed by atoms with Gasteiger partial charge in [0.25, 0.3) is 0 Å². The largest absolute Gasteiger partial charge is 0.459 e. The maximum Gasteiger partial charge on any atom is 0.328 e. The average molecular weight is 285 g/mol. The van der Waals surface area contributed by atoms with Crippen molar-refractivity contribution >= 4 is 11.9 Å².